The fraction of sp³-hybridized carbons (Fsp3) is 0.0385. The smallest absolute Gasteiger partial charge is 0.0991 e. The number of rotatable bonds is 1. The molecule has 0 aliphatic heterocycles. The van der Waals surface area contributed by atoms with Crippen molar-refractivity contribution in [1.82, 2.24) is 9.13 Å². The molecule has 0 spiro atoms. The number of hydrogen-bond acceptors (Lipinski definition) is 1. The molecule has 6 aromatic rings. The summed E-state index contributed by atoms with van der Waals surface area (Å²) in [5, 5.41) is 14.2. The van der Waals surface area contributed by atoms with Gasteiger partial charge in [0.1, 0.15) is 0 Å². The van der Waals surface area contributed by atoms with E-state index in [0.717, 1.165) is 16.6 Å². The second-order valence-corrected chi connectivity index (χ2v) is 7.47. The van der Waals surface area contributed by atoms with E-state index in [0.29, 0.717) is 5.56 Å². The van der Waals surface area contributed by atoms with Crippen molar-refractivity contribution < 1.29 is 0 Å². The van der Waals surface area contributed by atoms with E-state index in [2.05, 4.69) is 89.0 Å². The van der Waals surface area contributed by atoms with Crippen LogP contribution in [0.25, 0.3) is 49.3 Å². The molecule has 0 N–H and O–H groups in total. The third kappa shape index (κ3) is 2.11. The van der Waals surface area contributed by atoms with Crippen molar-refractivity contribution in [2.24, 2.45) is 7.05 Å². The van der Waals surface area contributed by atoms with Gasteiger partial charge in [-0.3, -0.25) is 0 Å². The van der Waals surface area contributed by atoms with E-state index in [9.17, 15) is 5.26 Å². The van der Waals surface area contributed by atoms with Gasteiger partial charge in [-0.25, -0.2) is 0 Å². The molecule has 29 heavy (non-hydrogen) atoms. The molecule has 2 aromatic heterocycles. The molecular weight excluding hydrogens is 354 g/mol. The maximum Gasteiger partial charge on any atom is 0.0991 e. The Bertz CT molecular complexity index is 1570. The summed E-state index contributed by atoms with van der Waals surface area (Å²) in [4.78, 5) is 0. The predicted octanol–water partition coefficient (Wildman–Crippen LogP) is 6.30. The van der Waals surface area contributed by atoms with Crippen molar-refractivity contribution in [2.45, 2.75) is 0 Å². The van der Waals surface area contributed by atoms with Crippen molar-refractivity contribution in [3.63, 3.8) is 0 Å². The first-order chi connectivity index (χ1) is 14.3. The lowest BCUT2D eigenvalue weighted by molar-refractivity contribution is 1.01. The number of nitriles is 1. The Hall–Kier alpha value is -4.03. The Morgan fingerprint density at radius 3 is 1.86 bits per heavy atom. The summed E-state index contributed by atoms with van der Waals surface area (Å²) >= 11 is 0. The van der Waals surface area contributed by atoms with Crippen LogP contribution in [-0.2, 0) is 7.05 Å². The van der Waals surface area contributed by atoms with Crippen LogP contribution in [0.3, 0.4) is 0 Å². The summed E-state index contributed by atoms with van der Waals surface area (Å²) in [5.74, 6) is 0. The molecule has 4 aromatic carbocycles. The molecule has 6 rings (SSSR count). The number of para-hydroxylation sites is 2. The summed E-state index contributed by atoms with van der Waals surface area (Å²) in [6, 6.07) is 31.9. The molecule has 136 valence electrons. The van der Waals surface area contributed by atoms with Crippen LogP contribution in [0.4, 0.5) is 0 Å². The highest BCUT2D eigenvalue weighted by Crippen LogP contribution is 2.35. The van der Waals surface area contributed by atoms with Crippen LogP contribution in [-0.4, -0.2) is 9.13 Å². The van der Waals surface area contributed by atoms with Crippen LogP contribution >= 0.6 is 0 Å². The van der Waals surface area contributed by atoms with E-state index >= 15 is 0 Å². The van der Waals surface area contributed by atoms with Crippen molar-refractivity contribution in [2.75, 3.05) is 0 Å². The standard InChI is InChI=1S/C26H17N3/c1-28-23-12-10-17(16-27)14-21(23)22-15-18(11-13-24(22)28)29-25-8-4-2-6-19(25)20-7-3-5-9-26(20)29/h2-15H,1H3. The Morgan fingerprint density at radius 2 is 1.21 bits per heavy atom. The molecular formula is C26H17N3. The summed E-state index contributed by atoms with van der Waals surface area (Å²) < 4.78 is 4.53. The lowest BCUT2D eigenvalue weighted by Gasteiger charge is -2.08. The van der Waals surface area contributed by atoms with Gasteiger partial charge in [0, 0.05) is 45.3 Å². The SMILES string of the molecule is Cn1c2ccc(C#N)cc2c2cc(-n3c4ccccc4c4ccccc43)ccc21. The van der Waals surface area contributed by atoms with E-state index in [1.165, 1.54) is 32.7 Å². The summed E-state index contributed by atoms with van der Waals surface area (Å²) in [6.07, 6.45) is 0. The Kier molecular flexibility index (Phi) is 3.16. The Morgan fingerprint density at radius 1 is 0.621 bits per heavy atom. The topological polar surface area (TPSA) is 33.6 Å². The van der Waals surface area contributed by atoms with Crippen LogP contribution in [0.1, 0.15) is 5.56 Å². The van der Waals surface area contributed by atoms with Gasteiger partial charge in [-0.1, -0.05) is 36.4 Å². The van der Waals surface area contributed by atoms with Gasteiger partial charge in [-0.05, 0) is 48.5 Å². The molecule has 0 saturated heterocycles. The van der Waals surface area contributed by atoms with Crippen LogP contribution in [0.15, 0.2) is 84.9 Å². The molecule has 0 aliphatic rings. The van der Waals surface area contributed by atoms with Gasteiger partial charge >= 0.3 is 0 Å². The van der Waals surface area contributed by atoms with E-state index in [1.54, 1.807) is 0 Å². The minimum Gasteiger partial charge on any atom is -0.344 e. The summed E-state index contributed by atoms with van der Waals surface area (Å²) in [6.45, 7) is 0. The molecule has 2 heterocycles. The number of hydrogen-bond donors (Lipinski definition) is 0. The van der Waals surface area contributed by atoms with E-state index in [-0.39, 0.29) is 0 Å². The molecule has 3 heteroatoms. The van der Waals surface area contributed by atoms with Gasteiger partial charge in [-0.15, -0.1) is 0 Å². The van der Waals surface area contributed by atoms with Crippen molar-refractivity contribution in [1.29, 1.82) is 5.26 Å². The van der Waals surface area contributed by atoms with Gasteiger partial charge in [-0.2, -0.15) is 5.26 Å². The zero-order valence-corrected chi connectivity index (χ0v) is 15.9. The fourth-order valence-electron chi connectivity index (χ4n) is 4.62. The van der Waals surface area contributed by atoms with Crippen molar-refractivity contribution >= 4 is 43.6 Å². The number of nitrogens with zero attached hydrogens (tertiary/aromatic N) is 3. The zero-order chi connectivity index (χ0) is 19.5. The molecule has 0 unspecified atom stereocenters. The molecule has 0 saturated carbocycles. The highest BCUT2D eigenvalue weighted by molar-refractivity contribution is 6.11. The van der Waals surface area contributed by atoms with Crippen molar-refractivity contribution in [3.05, 3.63) is 90.5 Å². The lowest BCUT2D eigenvalue weighted by atomic mass is 10.1. The monoisotopic (exact) mass is 371 g/mol. The summed E-state index contributed by atoms with van der Waals surface area (Å²) in [5.41, 5.74) is 6.52. The van der Waals surface area contributed by atoms with Crippen LogP contribution in [0.2, 0.25) is 0 Å². The van der Waals surface area contributed by atoms with Crippen LogP contribution in [0.5, 0.6) is 0 Å². The van der Waals surface area contributed by atoms with Gasteiger partial charge in [0.25, 0.3) is 0 Å². The number of aryl methyl sites for hydroxylation is 1. The fourth-order valence-corrected chi connectivity index (χ4v) is 4.62. The number of benzene rings is 4. The first-order valence-electron chi connectivity index (χ1n) is 9.67. The number of aromatic nitrogens is 2. The second kappa shape index (κ2) is 5.73. The largest absolute Gasteiger partial charge is 0.344 e. The van der Waals surface area contributed by atoms with E-state index in [4.69, 9.17) is 0 Å². The first-order valence-corrected chi connectivity index (χ1v) is 9.67. The molecule has 0 bridgehead atoms. The highest BCUT2D eigenvalue weighted by Gasteiger charge is 2.14. The highest BCUT2D eigenvalue weighted by atomic mass is 15.0. The van der Waals surface area contributed by atoms with Gasteiger partial charge < -0.3 is 9.13 Å². The Balaban J connectivity index is 1.75. The molecule has 3 nitrogen and oxygen atoms in total. The number of fused-ring (bicyclic) bond motifs is 6. The molecule has 0 aliphatic carbocycles. The lowest BCUT2D eigenvalue weighted by Crippen LogP contribution is -1.94. The second-order valence-electron chi connectivity index (χ2n) is 7.47. The third-order valence-electron chi connectivity index (χ3n) is 5.96. The molecule has 0 atom stereocenters. The van der Waals surface area contributed by atoms with Gasteiger partial charge in [0.2, 0.25) is 0 Å². The van der Waals surface area contributed by atoms with Gasteiger partial charge in [0.15, 0.2) is 0 Å². The van der Waals surface area contributed by atoms with E-state index < -0.39 is 0 Å². The molecule has 0 radical (unpaired) electrons. The Labute approximate surface area is 167 Å². The maximum absolute atomic E-state index is 9.36. The van der Waals surface area contributed by atoms with Crippen LogP contribution in [0, 0.1) is 11.3 Å². The maximum atomic E-state index is 9.36. The predicted molar refractivity (Wildman–Crippen MR) is 119 cm³/mol. The minimum atomic E-state index is 0.687. The normalized spacial score (nSPS) is 11.6. The summed E-state index contributed by atoms with van der Waals surface area (Å²) in [7, 11) is 2.08. The first kappa shape index (κ1) is 16.0. The van der Waals surface area contributed by atoms with Gasteiger partial charge in [0.05, 0.1) is 22.7 Å². The minimum absolute atomic E-state index is 0.687. The third-order valence-corrected chi connectivity index (χ3v) is 5.96. The van der Waals surface area contributed by atoms with E-state index in [1.807, 2.05) is 18.2 Å². The quantitative estimate of drug-likeness (QED) is 0.334. The van der Waals surface area contributed by atoms with Crippen LogP contribution < -0.4 is 0 Å². The molecule has 0 amide bonds. The average molecular weight is 371 g/mol. The average Bonchev–Trinajstić information content (AvgIpc) is 3.26. The zero-order valence-electron chi connectivity index (χ0n) is 15.9. The molecule has 0 fully saturated rings. The van der Waals surface area contributed by atoms with Crippen molar-refractivity contribution in [3.8, 4) is 11.8 Å².